The summed E-state index contributed by atoms with van der Waals surface area (Å²) in [5, 5.41) is 4.77. The Balaban J connectivity index is 1.69. The van der Waals surface area contributed by atoms with Crippen LogP contribution in [0, 0.1) is 12.8 Å². The third kappa shape index (κ3) is 3.31. The van der Waals surface area contributed by atoms with E-state index in [0.717, 1.165) is 24.2 Å². The number of hydrogen-bond acceptors (Lipinski definition) is 2. The lowest BCUT2D eigenvalue weighted by atomic mass is 9.68. The average Bonchev–Trinajstić information content (AvgIpc) is 3.33. The predicted octanol–water partition coefficient (Wildman–Crippen LogP) is 6.80. The Morgan fingerprint density at radius 1 is 1.03 bits per heavy atom. The summed E-state index contributed by atoms with van der Waals surface area (Å²) in [6, 6.07) is 24.1. The summed E-state index contributed by atoms with van der Waals surface area (Å²) in [7, 11) is 1.74. The molecule has 190 valence electrons. The summed E-state index contributed by atoms with van der Waals surface area (Å²) in [6.45, 7) is 10.7. The number of fused-ring (bicyclic) bond motifs is 7. The normalized spacial score (nSPS) is 22.3. The second-order valence-corrected chi connectivity index (χ2v) is 11.8. The van der Waals surface area contributed by atoms with Crippen molar-refractivity contribution < 1.29 is 9.53 Å². The van der Waals surface area contributed by atoms with E-state index >= 15 is 0 Å². The molecule has 37 heavy (non-hydrogen) atoms. The van der Waals surface area contributed by atoms with Gasteiger partial charge in [0.1, 0.15) is 11.4 Å². The fraction of sp³-hybridized carbons (Fsp3) is 0.364. The lowest BCUT2D eigenvalue weighted by Gasteiger charge is -2.45. The van der Waals surface area contributed by atoms with Crippen LogP contribution in [0.3, 0.4) is 0 Å². The molecule has 0 saturated heterocycles. The Morgan fingerprint density at radius 3 is 2.43 bits per heavy atom. The number of ether oxygens (including phenoxy) is 1. The number of methoxy groups -OCH3 is 1. The van der Waals surface area contributed by atoms with E-state index in [4.69, 9.17) is 4.74 Å². The Morgan fingerprint density at radius 2 is 1.76 bits per heavy atom. The van der Waals surface area contributed by atoms with Gasteiger partial charge in [0.05, 0.1) is 12.6 Å². The summed E-state index contributed by atoms with van der Waals surface area (Å²) in [5.41, 5.74) is 8.15. The highest BCUT2D eigenvalue weighted by Gasteiger charge is 2.58. The van der Waals surface area contributed by atoms with E-state index in [-0.39, 0.29) is 23.2 Å². The molecule has 4 nitrogen and oxygen atoms in total. The molecule has 3 atom stereocenters. The summed E-state index contributed by atoms with van der Waals surface area (Å²) in [4.78, 5) is 13.0. The molecule has 1 aliphatic heterocycles. The molecule has 2 aliphatic rings. The van der Waals surface area contributed by atoms with Crippen molar-refractivity contribution in [3.8, 4) is 5.75 Å². The van der Waals surface area contributed by atoms with Crippen LogP contribution in [0.2, 0.25) is 0 Å². The summed E-state index contributed by atoms with van der Waals surface area (Å²) in [5.74, 6) is 1.21. The molecular formula is C33H36N2O2. The molecule has 0 fully saturated rings. The minimum absolute atomic E-state index is 0.0224. The van der Waals surface area contributed by atoms with Crippen LogP contribution in [0.1, 0.15) is 73.5 Å². The average molecular weight is 493 g/mol. The zero-order valence-corrected chi connectivity index (χ0v) is 22.7. The quantitative estimate of drug-likeness (QED) is 0.342. The maximum absolute atomic E-state index is 13.0. The number of aryl methyl sites for hydroxylation is 1. The summed E-state index contributed by atoms with van der Waals surface area (Å²) >= 11 is 0. The third-order valence-corrected chi connectivity index (χ3v) is 8.73. The molecule has 0 saturated carbocycles. The number of amides is 1. The Kier molecular flexibility index (Phi) is 5.31. The predicted molar refractivity (Wildman–Crippen MR) is 149 cm³/mol. The smallest absolute Gasteiger partial charge is 0.218 e. The van der Waals surface area contributed by atoms with Crippen LogP contribution >= 0.6 is 0 Å². The first kappa shape index (κ1) is 23.8. The lowest BCUT2D eigenvalue weighted by Crippen LogP contribution is -2.55. The van der Waals surface area contributed by atoms with Gasteiger partial charge in [-0.2, -0.15) is 0 Å². The van der Waals surface area contributed by atoms with Gasteiger partial charge in [-0.3, -0.25) is 4.79 Å². The van der Waals surface area contributed by atoms with Gasteiger partial charge < -0.3 is 14.6 Å². The zero-order chi connectivity index (χ0) is 26.1. The van der Waals surface area contributed by atoms with Crippen LogP contribution in [0.25, 0.3) is 10.9 Å². The van der Waals surface area contributed by atoms with Crippen molar-refractivity contribution >= 4 is 16.8 Å². The molecule has 0 radical (unpaired) electrons. The Labute approximate surface area is 219 Å². The van der Waals surface area contributed by atoms with Gasteiger partial charge in [0.15, 0.2) is 0 Å². The molecule has 1 N–H and O–H groups in total. The van der Waals surface area contributed by atoms with Gasteiger partial charge >= 0.3 is 0 Å². The first-order valence-electron chi connectivity index (χ1n) is 13.3. The van der Waals surface area contributed by atoms with E-state index < -0.39 is 5.66 Å². The standard InChI is InChI=1S/C33H36N2O2/c1-20-24-10-7-8-12-28(24)35-31(20)30(22-14-16-23(17-15-22)32(3,4)5)27-19-18-25-26(11-9-13-29(25)37-6)33(27,35)34-21(2)36/h7-17,27,30H,18-19H2,1-6H3,(H,34,36)/t27-,30-,33-/m0/s1. The topological polar surface area (TPSA) is 43.3 Å². The van der Waals surface area contributed by atoms with Crippen molar-refractivity contribution in [2.75, 3.05) is 7.11 Å². The highest BCUT2D eigenvalue weighted by molar-refractivity contribution is 5.88. The molecule has 3 aromatic carbocycles. The number of nitrogens with zero attached hydrogens (tertiary/aromatic N) is 1. The van der Waals surface area contributed by atoms with Crippen molar-refractivity contribution in [2.45, 2.75) is 64.5 Å². The van der Waals surface area contributed by atoms with Gasteiger partial charge in [-0.15, -0.1) is 0 Å². The number of para-hydroxylation sites is 1. The molecule has 0 unspecified atom stereocenters. The maximum Gasteiger partial charge on any atom is 0.218 e. The van der Waals surface area contributed by atoms with Crippen molar-refractivity contribution in [1.82, 2.24) is 9.88 Å². The first-order valence-corrected chi connectivity index (χ1v) is 13.3. The zero-order valence-electron chi connectivity index (χ0n) is 22.7. The molecule has 0 spiro atoms. The molecule has 0 bridgehead atoms. The molecule has 4 heteroatoms. The van der Waals surface area contributed by atoms with E-state index in [2.05, 4.69) is 98.2 Å². The minimum Gasteiger partial charge on any atom is -0.496 e. The highest BCUT2D eigenvalue weighted by atomic mass is 16.5. The number of benzene rings is 3. The van der Waals surface area contributed by atoms with Crippen molar-refractivity contribution in [3.05, 3.63) is 100 Å². The van der Waals surface area contributed by atoms with Gasteiger partial charge in [0.25, 0.3) is 0 Å². The van der Waals surface area contributed by atoms with Gasteiger partial charge in [-0.1, -0.05) is 75.4 Å². The lowest BCUT2D eigenvalue weighted by molar-refractivity contribution is -0.122. The fourth-order valence-electron chi connectivity index (χ4n) is 7.20. The van der Waals surface area contributed by atoms with Crippen LogP contribution in [0.5, 0.6) is 5.75 Å². The SMILES string of the molecule is COc1cccc2c1CC[C@H]1[C@H](c3ccc(C(C)(C)C)cc3)c3c(C)c4ccccc4n3[C@@]21NC(C)=O. The third-order valence-electron chi connectivity index (χ3n) is 8.73. The second kappa shape index (κ2) is 8.24. The van der Waals surface area contributed by atoms with Crippen LogP contribution in [0.4, 0.5) is 0 Å². The van der Waals surface area contributed by atoms with E-state index in [1.54, 1.807) is 14.0 Å². The highest BCUT2D eigenvalue weighted by Crippen LogP contribution is 2.59. The molecule has 4 aromatic rings. The Bertz CT molecular complexity index is 1520. The second-order valence-electron chi connectivity index (χ2n) is 11.8. The van der Waals surface area contributed by atoms with E-state index in [1.807, 2.05) is 6.07 Å². The first-order chi connectivity index (χ1) is 17.7. The van der Waals surface area contributed by atoms with Gasteiger partial charge in [-0.05, 0) is 54.0 Å². The van der Waals surface area contributed by atoms with Gasteiger partial charge in [-0.25, -0.2) is 0 Å². The number of aromatic nitrogens is 1. The largest absolute Gasteiger partial charge is 0.496 e. The van der Waals surface area contributed by atoms with E-state index in [1.165, 1.54) is 38.9 Å². The molecular weight excluding hydrogens is 456 g/mol. The number of rotatable bonds is 3. The molecule has 1 amide bonds. The molecule has 1 aromatic heterocycles. The number of carbonyl (C=O) groups is 1. The fourth-order valence-corrected chi connectivity index (χ4v) is 7.20. The molecule has 2 heterocycles. The van der Waals surface area contributed by atoms with Gasteiger partial charge in [0.2, 0.25) is 5.91 Å². The number of hydrogen-bond donors (Lipinski definition) is 1. The monoisotopic (exact) mass is 492 g/mol. The Hall–Kier alpha value is -3.53. The summed E-state index contributed by atoms with van der Waals surface area (Å²) < 4.78 is 8.29. The van der Waals surface area contributed by atoms with Crippen LogP contribution in [-0.2, 0) is 22.3 Å². The van der Waals surface area contributed by atoms with Crippen molar-refractivity contribution in [2.24, 2.45) is 5.92 Å². The van der Waals surface area contributed by atoms with E-state index in [0.29, 0.717) is 0 Å². The van der Waals surface area contributed by atoms with Crippen LogP contribution < -0.4 is 10.1 Å². The molecule has 1 aliphatic carbocycles. The number of carbonyl (C=O) groups excluding carboxylic acids is 1. The number of nitrogens with one attached hydrogen (secondary N) is 1. The molecule has 6 rings (SSSR count). The van der Waals surface area contributed by atoms with Crippen molar-refractivity contribution in [1.29, 1.82) is 0 Å². The maximum atomic E-state index is 13.0. The van der Waals surface area contributed by atoms with E-state index in [9.17, 15) is 4.79 Å². The van der Waals surface area contributed by atoms with Crippen LogP contribution in [0.15, 0.2) is 66.7 Å². The summed E-state index contributed by atoms with van der Waals surface area (Å²) in [6.07, 6.45) is 1.87. The van der Waals surface area contributed by atoms with Crippen LogP contribution in [-0.4, -0.2) is 17.6 Å². The van der Waals surface area contributed by atoms with Gasteiger partial charge in [0, 0.05) is 41.0 Å². The minimum atomic E-state index is -0.690. The van der Waals surface area contributed by atoms with Crippen molar-refractivity contribution in [3.63, 3.8) is 0 Å².